The summed E-state index contributed by atoms with van der Waals surface area (Å²) in [7, 11) is 0. The fourth-order valence-corrected chi connectivity index (χ4v) is 2.19. The molecule has 5 heteroatoms. The first-order valence-electron chi connectivity index (χ1n) is 5.54. The molecule has 3 nitrogen and oxygen atoms in total. The number of halogens is 1. The Hall–Kier alpha value is -1.49. The van der Waals surface area contributed by atoms with Crippen molar-refractivity contribution in [2.45, 2.75) is 20.3 Å². The predicted octanol–water partition coefficient (Wildman–Crippen LogP) is 3.47. The lowest BCUT2D eigenvalue weighted by atomic mass is 10.1. The molecule has 0 spiro atoms. The molecular formula is C12H14FN3S. The Morgan fingerprint density at radius 3 is 2.88 bits per heavy atom. The van der Waals surface area contributed by atoms with E-state index in [1.54, 1.807) is 19.1 Å². The number of hydrogen-bond donors (Lipinski definition) is 1. The SMILES string of the molecule is CCCNc1nnc(-c2ccc(F)c(C)c2)s1. The van der Waals surface area contributed by atoms with Crippen molar-refractivity contribution in [2.24, 2.45) is 0 Å². The summed E-state index contributed by atoms with van der Waals surface area (Å²) in [6, 6.07) is 4.98. The van der Waals surface area contributed by atoms with Crippen LogP contribution in [-0.4, -0.2) is 16.7 Å². The second-order valence-electron chi connectivity index (χ2n) is 3.80. The van der Waals surface area contributed by atoms with Gasteiger partial charge in [0.1, 0.15) is 10.8 Å². The first-order chi connectivity index (χ1) is 8.20. The average molecular weight is 251 g/mol. The van der Waals surface area contributed by atoms with Crippen LogP contribution in [0.15, 0.2) is 18.2 Å². The molecule has 2 aromatic rings. The normalized spacial score (nSPS) is 10.5. The Bertz CT molecular complexity index is 510. The molecule has 0 aliphatic heterocycles. The highest BCUT2D eigenvalue weighted by Gasteiger charge is 2.07. The minimum Gasteiger partial charge on any atom is -0.360 e. The Labute approximate surface area is 104 Å². The van der Waals surface area contributed by atoms with E-state index in [1.807, 2.05) is 0 Å². The molecule has 1 N–H and O–H groups in total. The van der Waals surface area contributed by atoms with E-state index < -0.39 is 0 Å². The Balaban J connectivity index is 2.21. The third kappa shape index (κ3) is 2.79. The van der Waals surface area contributed by atoms with Gasteiger partial charge < -0.3 is 5.32 Å². The summed E-state index contributed by atoms with van der Waals surface area (Å²) in [6.45, 7) is 4.73. The van der Waals surface area contributed by atoms with Crippen LogP contribution in [0.1, 0.15) is 18.9 Å². The Morgan fingerprint density at radius 1 is 1.35 bits per heavy atom. The molecule has 90 valence electrons. The fourth-order valence-electron chi connectivity index (χ4n) is 1.42. The number of nitrogens with one attached hydrogen (secondary N) is 1. The van der Waals surface area contributed by atoms with Gasteiger partial charge in [-0.1, -0.05) is 18.3 Å². The molecule has 2 rings (SSSR count). The lowest BCUT2D eigenvalue weighted by Crippen LogP contribution is -1.98. The van der Waals surface area contributed by atoms with Gasteiger partial charge in [-0.05, 0) is 37.1 Å². The molecule has 1 aromatic carbocycles. The molecule has 0 atom stereocenters. The van der Waals surface area contributed by atoms with Gasteiger partial charge in [-0.2, -0.15) is 0 Å². The number of aromatic nitrogens is 2. The maximum absolute atomic E-state index is 13.1. The number of aryl methyl sites for hydroxylation is 1. The van der Waals surface area contributed by atoms with Crippen molar-refractivity contribution in [2.75, 3.05) is 11.9 Å². The molecule has 1 aromatic heterocycles. The smallest absolute Gasteiger partial charge is 0.206 e. The van der Waals surface area contributed by atoms with Gasteiger partial charge in [0, 0.05) is 12.1 Å². The minimum absolute atomic E-state index is 0.192. The minimum atomic E-state index is -0.192. The van der Waals surface area contributed by atoms with E-state index in [0.717, 1.165) is 28.7 Å². The zero-order valence-corrected chi connectivity index (χ0v) is 10.6. The van der Waals surface area contributed by atoms with E-state index in [1.165, 1.54) is 17.4 Å². The second-order valence-corrected chi connectivity index (χ2v) is 4.78. The quantitative estimate of drug-likeness (QED) is 0.904. The standard InChI is InChI=1S/C12H14FN3S/c1-3-6-14-12-16-15-11(17-12)9-4-5-10(13)8(2)7-9/h4-5,7H,3,6H2,1-2H3,(H,14,16). The average Bonchev–Trinajstić information content (AvgIpc) is 2.79. The van der Waals surface area contributed by atoms with E-state index in [9.17, 15) is 4.39 Å². The maximum atomic E-state index is 13.1. The highest BCUT2D eigenvalue weighted by Crippen LogP contribution is 2.27. The molecule has 0 bridgehead atoms. The molecule has 0 saturated carbocycles. The maximum Gasteiger partial charge on any atom is 0.206 e. The van der Waals surface area contributed by atoms with Gasteiger partial charge in [-0.15, -0.1) is 10.2 Å². The topological polar surface area (TPSA) is 37.8 Å². The van der Waals surface area contributed by atoms with Crippen LogP contribution in [0.2, 0.25) is 0 Å². The molecule has 0 amide bonds. The van der Waals surface area contributed by atoms with Gasteiger partial charge in [-0.25, -0.2) is 4.39 Å². The van der Waals surface area contributed by atoms with Crippen LogP contribution >= 0.6 is 11.3 Å². The van der Waals surface area contributed by atoms with Gasteiger partial charge in [0.15, 0.2) is 0 Å². The van der Waals surface area contributed by atoms with Crippen molar-refractivity contribution < 1.29 is 4.39 Å². The van der Waals surface area contributed by atoms with Crippen LogP contribution in [0.25, 0.3) is 10.6 Å². The highest BCUT2D eigenvalue weighted by molar-refractivity contribution is 7.18. The van der Waals surface area contributed by atoms with Crippen LogP contribution in [0.3, 0.4) is 0 Å². The van der Waals surface area contributed by atoms with Gasteiger partial charge in [-0.3, -0.25) is 0 Å². The van der Waals surface area contributed by atoms with Crippen LogP contribution in [0.4, 0.5) is 9.52 Å². The largest absolute Gasteiger partial charge is 0.360 e. The summed E-state index contributed by atoms with van der Waals surface area (Å²) >= 11 is 1.48. The Morgan fingerprint density at radius 2 is 2.18 bits per heavy atom. The molecule has 0 aliphatic carbocycles. The van der Waals surface area contributed by atoms with E-state index in [4.69, 9.17) is 0 Å². The lowest BCUT2D eigenvalue weighted by molar-refractivity contribution is 0.619. The zero-order chi connectivity index (χ0) is 12.3. The number of anilines is 1. The molecule has 1 heterocycles. The molecule has 0 saturated heterocycles. The highest BCUT2D eigenvalue weighted by atomic mass is 32.1. The second kappa shape index (κ2) is 5.23. The summed E-state index contributed by atoms with van der Waals surface area (Å²) in [5.41, 5.74) is 1.53. The first kappa shape index (κ1) is 12.0. The van der Waals surface area contributed by atoms with Gasteiger partial charge >= 0.3 is 0 Å². The third-order valence-corrected chi connectivity index (χ3v) is 3.29. The number of nitrogens with zero attached hydrogens (tertiary/aromatic N) is 2. The molecule has 0 radical (unpaired) electrons. The number of hydrogen-bond acceptors (Lipinski definition) is 4. The van der Waals surface area contributed by atoms with Gasteiger partial charge in [0.05, 0.1) is 0 Å². The van der Waals surface area contributed by atoms with Crippen molar-refractivity contribution >= 4 is 16.5 Å². The fraction of sp³-hybridized carbons (Fsp3) is 0.333. The van der Waals surface area contributed by atoms with E-state index in [-0.39, 0.29) is 5.82 Å². The van der Waals surface area contributed by atoms with Crippen molar-refractivity contribution in [1.82, 2.24) is 10.2 Å². The van der Waals surface area contributed by atoms with Crippen LogP contribution in [-0.2, 0) is 0 Å². The molecule has 0 unspecified atom stereocenters. The van der Waals surface area contributed by atoms with Gasteiger partial charge in [0.2, 0.25) is 5.13 Å². The number of rotatable bonds is 4. The molecule has 0 fully saturated rings. The monoisotopic (exact) mass is 251 g/mol. The van der Waals surface area contributed by atoms with Crippen molar-refractivity contribution in [3.8, 4) is 10.6 Å². The predicted molar refractivity (Wildman–Crippen MR) is 68.8 cm³/mol. The van der Waals surface area contributed by atoms with E-state index in [0.29, 0.717) is 5.56 Å². The zero-order valence-electron chi connectivity index (χ0n) is 9.83. The number of benzene rings is 1. The van der Waals surface area contributed by atoms with Crippen molar-refractivity contribution in [1.29, 1.82) is 0 Å². The van der Waals surface area contributed by atoms with Crippen LogP contribution < -0.4 is 5.32 Å². The van der Waals surface area contributed by atoms with Crippen molar-refractivity contribution in [3.05, 3.63) is 29.6 Å². The summed E-state index contributed by atoms with van der Waals surface area (Å²) in [4.78, 5) is 0. The summed E-state index contributed by atoms with van der Waals surface area (Å²) in [6.07, 6.45) is 1.05. The summed E-state index contributed by atoms with van der Waals surface area (Å²) < 4.78 is 13.1. The summed E-state index contributed by atoms with van der Waals surface area (Å²) in [5.74, 6) is -0.192. The molecule has 0 aliphatic rings. The van der Waals surface area contributed by atoms with Crippen LogP contribution in [0.5, 0.6) is 0 Å². The third-order valence-electron chi connectivity index (χ3n) is 2.36. The first-order valence-corrected chi connectivity index (χ1v) is 6.36. The molecule has 17 heavy (non-hydrogen) atoms. The van der Waals surface area contributed by atoms with Crippen molar-refractivity contribution in [3.63, 3.8) is 0 Å². The van der Waals surface area contributed by atoms with E-state index in [2.05, 4.69) is 22.4 Å². The lowest BCUT2D eigenvalue weighted by Gasteiger charge is -1.99. The van der Waals surface area contributed by atoms with Crippen LogP contribution in [0, 0.1) is 12.7 Å². The van der Waals surface area contributed by atoms with E-state index >= 15 is 0 Å². The molecular weight excluding hydrogens is 237 g/mol. The van der Waals surface area contributed by atoms with Gasteiger partial charge in [0.25, 0.3) is 0 Å². The Kier molecular flexibility index (Phi) is 3.68. The summed E-state index contributed by atoms with van der Waals surface area (Å²) in [5, 5.41) is 12.9.